The summed E-state index contributed by atoms with van der Waals surface area (Å²) in [5.74, 6) is 0. The van der Waals surface area contributed by atoms with Crippen molar-refractivity contribution >= 4 is 31.3 Å². The summed E-state index contributed by atoms with van der Waals surface area (Å²) in [7, 11) is -11.2. The van der Waals surface area contributed by atoms with E-state index in [1.165, 1.54) is 12.1 Å². The molecular weight excluding hydrogens is 462 g/mol. The van der Waals surface area contributed by atoms with Gasteiger partial charge in [-0.3, -0.25) is 4.52 Å². The number of nitriles is 2. The molecule has 1 aliphatic heterocycles. The molecule has 29 heavy (non-hydrogen) atoms. The van der Waals surface area contributed by atoms with E-state index < -0.39 is 54.0 Å². The molecule has 4 unspecified atom stereocenters. The zero-order valence-corrected chi connectivity index (χ0v) is 16.5. The molecule has 2 radical (unpaired) electrons. The number of hydrogen-bond acceptors (Lipinski definition) is 11. The average molecular weight is 473 g/mol. The molecule has 21 heteroatoms. The van der Waals surface area contributed by atoms with E-state index in [1.54, 1.807) is 0 Å². The second kappa shape index (κ2) is 9.66. The molecule has 1 heterocycles. The summed E-state index contributed by atoms with van der Waals surface area (Å²) < 4.78 is 55.1. The summed E-state index contributed by atoms with van der Waals surface area (Å²) in [5, 5.41) is 20.9. The lowest BCUT2D eigenvalue weighted by Gasteiger charge is -2.24. The van der Waals surface area contributed by atoms with Crippen molar-refractivity contribution in [3.05, 3.63) is 10.4 Å². The van der Waals surface area contributed by atoms with Gasteiger partial charge in [-0.25, -0.2) is 13.7 Å². The van der Waals surface area contributed by atoms with Crippen LogP contribution in [0.5, 0.6) is 0 Å². The van der Waals surface area contributed by atoms with E-state index in [0.29, 0.717) is 0 Å². The van der Waals surface area contributed by atoms with E-state index >= 15 is 0 Å². The van der Waals surface area contributed by atoms with Crippen LogP contribution in [-0.4, -0.2) is 58.0 Å². The van der Waals surface area contributed by atoms with Gasteiger partial charge in [0, 0.05) is 10.9 Å². The Morgan fingerprint density at radius 3 is 2.28 bits per heavy atom. The van der Waals surface area contributed by atoms with Crippen LogP contribution in [0.2, 0.25) is 0 Å². The minimum absolute atomic E-state index is 0.184. The number of azide groups is 1. The Morgan fingerprint density at radius 2 is 1.79 bits per heavy atom. The van der Waals surface area contributed by atoms with Gasteiger partial charge in [0.25, 0.3) is 0 Å². The van der Waals surface area contributed by atoms with E-state index in [0.717, 1.165) is 0 Å². The fourth-order valence-electron chi connectivity index (χ4n) is 1.92. The SMILES string of the molecule is [B]C1C[C@@H](OC(C#N)(C#N)N=[N+]=[N-])C(COP(=O)(O)OP(=O)(O)OP(=O)(O)O)O1. The molecule has 1 saturated heterocycles. The van der Waals surface area contributed by atoms with Crippen LogP contribution in [0.1, 0.15) is 6.42 Å². The Balaban J connectivity index is 2.85. The Kier molecular flexibility index (Phi) is 8.57. The van der Waals surface area contributed by atoms with Crippen LogP contribution in [0, 0.1) is 22.7 Å². The third kappa shape index (κ3) is 8.52. The van der Waals surface area contributed by atoms with E-state index in [4.69, 9.17) is 48.1 Å². The van der Waals surface area contributed by atoms with Crippen LogP contribution in [0.4, 0.5) is 0 Å². The average Bonchev–Trinajstić information content (AvgIpc) is 2.88. The van der Waals surface area contributed by atoms with E-state index in [1.807, 2.05) is 0 Å². The topological polar surface area (TPSA) is 275 Å². The smallest absolute Gasteiger partial charge is 0.380 e. The lowest BCUT2D eigenvalue weighted by molar-refractivity contribution is -0.0733. The van der Waals surface area contributed by atoms with E-state index in [2.05, 4.69) is 23.2 Å². The molecule has 5 atom stereocenters. The predicted octanol–water partition coefficient (Wildman–Crippen LogP) is 0.0522. The van der Waals surface area contributed by atoms with Crippen LogP contribution in [0.15, 0.2) is 5.11 Å². The van der Waals surface area contributed by atoms with Gasteiger partial charge in [-0.05, 0) is 17.1 Å². The van der Waals surface area contributed by atoms with Crippen LogP contribution < -0.4 is 0 Å². The molecular formula is C8H11BN5O12P3. The molecule has 0 aliphatic carbocycles. The number of phosphoric acid groups is 3. The van der Waals surface area contributed by atoms with Gasteiger partial charge in [0.05, 0.1) is 12.7 Å². The molecule has 0 spiro atoms. The molecule has 0 aromatic heterocycles. The third-order valence-corrected chi connectivity index (χ3v) is 6.66. The summed E-state index contributed by atoms with van der Waals surface area (Å²) in [6.07, 6.45) is -2.82. The minimum Gasteiger partial charge on any atom is -0.380 e. The molecule has 1 fully saturated rings. The van der Waals surface area contributed by atoms with Crippen molar-refractivity contribution in [3.8, 4) is 12.1 Å². The Bertz CT molecular complexity index is 877. The van der Waals surface area contributed by atoms with Gasteiger partial charge < -0.3 is 29.0 Å². The van der Waals surface area contributed by atoms with Crippen molar-refractivity contribution in [2.24, 2.45) is 5.11 Å². The van der Waals surface area contributed by atoms with Gasteiger partial charge in [0.1, 0.15) is 26.1 Å². The number of phosphoric ester groups is 1. The van der Waals surface area contributed by atoms with E-state index in [-0.39, 0.29) is 6.42 Å². The normalized spacial score (nSPS) is 26.3. The fraction of sp³-hybridized carbons (Fsp3) is 0.750. The first-order valence-corrected chi connectivity index (χ1v) is 11.4. The van der Waals surface area contributed by atoms with Crippen LogP contribution in [0.3, 0.4) is 0 Å². The van der Waals surface area contributed by atoms with Crippen molar-refractivity contribution in [1.82, 2.24) is 0 Å². The highest BCUT2D eigenvalue weighted by molar-refractivity contribution is 7.66. The lowest BCUT2D eigenvalue weighted by Crippen LogP contribution is -2.37. The fourth-order valence-corrected chi connectivity index (χ4v) is 4.95. The summed E-state index contributed by atoms with van der Waals surface area (Å²) in [6.45, 7) is -0.939. The molecule has 4 N–H and O–H groups in total. The molecule has 0 aromatic carbocycles. The van der Waals surface area contributed by atoms with Gasteiger partial charge in [-0.15, -0.1) is 0 Å². The highest BCUT2D eigenvalue weighted by atomic mass is 31.3. The molecule has 1 rings (SSSR count). The second-order valence-corrected chi connectivity index (χ2v) is 9.47. The minimum atomic E-state index is -5.72. The monoisotopic (exact) mass is 473 g/mol. The Hall–Kier alpha value is -1.32. The summed E-state index contributed by atoms with van der Waals surface area (Å²) in [4.78, 5) is 37.7. The maximum Gasteiger partial charge on any atom is 0.490 e. The highest BCUT2D eigenvalue weighted by Gasteiger charge is 2.44. The number of nitrogens with zero attached hydrogens (tertiary/aromatic N) is 5. The first-order chi connectivity index (χ1) is 13.2. The van der Waals surface area contributed by atoms with Crippen LogP contribution >= 0.6 is 23.5 Å². The highest BCUT2D eigenvalue weighted by Crippen LogP contribution is 2.66. The number of hydrogen-bond donors (Lipinski definition) is 4. The van der Waals surface area contributed by atoms with Gasteiger partial charge >= 0.3 is 29.2 Å². The largest absolute Gasteiger partial charge is 0.490 e. The second-order valence-electron chi connectivity index (χ2n) is 5.05. The Morgan fingerprint density at radius 1 is 1.21 bits per heavy atom. The molecule has 0 saturated carbocycles. The summed E-state index contributed by atoms with van der Waals surface area (Å²) >= 11 is 0. The lowest BCUT2D eigenvalue weighted by atomic mass is 9.96. The van der Waals surface area contributed by atoms with Crippen molar-refractivity contribution < 1.29 is 55.9 Å². The first kappa shape index (κ1) is 25.7. The Labute approximate surface area is 163 Å². The maximum atomic E-state index is 11.7. The third-order valence-electron chi connectivity index (χ3n) is 2.86. The number of ether oxygens (including phenoxy) is 2. The molecule has 0 amide bonds. The standard InChI is InChI=1S/C8H11BN5O12P3/c9-7-1-5(24-8(3-10,4-11)13-14-12)6(23-7)2-22-28(18,19)26-29(20,21)25-27(15,16)17/h5-7H,1-2H2,(H,18,19)(H,20,21)(H2,15,16,17)/t5-,6?,7?/m1/s1. The zero-order valence-electron chi connectivity index (χ0n) is 13.9. The van der Waals surface area contributed by atoms with Crippen molar-refractivity contribution in [3.63, 3.8) is 0 Å². The zero-order chi connectivity index (χ0) is 22.5. The van der Waals surface area contributed by atoms with Crippen molar-refractivity contribution in [2.45, 2.75) is 30.4 Å². The van der Waals surface area contributed by atoms with Crippen LogP contribution in [0.25, 0.3) is 10.4 Å². The molecule has 0 bridgehead atoms. The summed E-state index contributed by atoms with van der Waals surface area (Å²) in [5.41, 5.74) is 5.84. The molecule has 0 aromatic rings. The molecule has 17 nitrogen and oxygen atoms in total. The molecule has 158 valence electrons. The number of rotatable bonds is 10. The van der Waals surface area contributed by atoms with Crippen molar-refractivity contribution in [1.29, 1.82) is 10.5 Å². The van der Waals surface area contributed by atoms with Gasteiger partial charge in [-0.1, -0.05) is 0 Å². The summed E-state index contributed by atoms with van der Waals surface area (Å²) in [6, 6.07) is 1.59. The maximum absolute atomic E-state index is 11.7. The predicted molar refractivity (Wildman–Crippen MR) is 86.8 cm³/mol. The van der Waals surface area contributed by atoms with Gasteiger partial charge in [0.15, 0.2) is 0 Å². The molecule has 1 aliphatic rings. The first-order valence-electron chi connectivity index (χ1n) is 6.92. The van der Waals surface area contributed by atoms with Gasteiger partial charge in [0.2, 0.25) is 0 Å². The van der Waals surface area contributed by atoms with Crippen LogP contribution in [-0.2, 0) is 36.3 Å². The van der Waals surface area contributed by atoms with Gasteiger partial charge in [-0.2, -0.15) is 19.1 Å². The van der Waals surface area contributed by atoms with E-state index in [9.17, 15) is 18.6 Å². The quantitative estimate of drug-likeness (QED) is 0.107. The van der Waals surface area contributed by atoms with Crippen molar-refractivity contribution in [2.75, 3.05) is 6.61 Å².